The lowest BCUT2D eigenvalue weighted by atomic mass is 10.2. The van der Waals surface area contributed by atoms with Crippen LogP contribution in [-0.4, -0.2) is 37.2 Å². The lowest BCUT2D eigenvalue weighted by Gasteiger charge is -2.13. The van der Waals surface area contributed by atoms with E-state index >= 15 is 0 Å². The van der Waals surface area contributed by atoms with E-state index in [0.29, 0.717) is 32.6 Å². The smallest absolute Gasteiger partial charge is 0.253 e. The lowest BCUT2D eigenvalue weighted by Crippen LogP contribution is -2.27. The van der Waals surface area contributed by atoms with E-state index in [-0.39, 0.29) is 11.7 Å². The number of halogens is 3. The van der Waals surface area contributed by atoms with Crippen LogP contribution < -0.4 is 10.7 Å². The molecule has 0 aliphatic carbocycles. The van der Waals surface area contributed by atoms with Crippen molar-refractivity contribution in [1.29, 1.82) is 0 Å². The van der Waals surface area contributed by atoms with Crippen molar-refractivity contribution in [2.75, 3.05) is 5.32 Å². The number of nitrogens with one attached hydrogen (secondary N) is 2. The third-order valence-electron chi connectivity index (χ3n) is 5.10. The minimum atomic E-state index is -0.527. The van der Waals surface area contributed by atoms with Crippen molar-refractivity contribution in [2.24, 2.45) is 5.10 Å². The van der Waals surface area contributed by atoms with Gasteiger partial charge in [-0.3, -0.25) is 9.36 Å². The Labute approximate surface area is 245 Å². The number of rotatable bonds is 9. The molecular formula is C25H21BrClIN6O2S. The van der Waals surface area contributed by atoms with Gasteiger partial charge in [0.2, 0.25) is 0 Å². The Morgan fingerprint density at radius 2 is 1.95 bits per heavy atom. The van der Waals surface area contributed by atoms with Crippen LogP contribution in [0.2, 0.25) is 5.02 Å². The molecule has 0 aliphatic rings. The first-order chi connectivity index (χ1) is 17.8. The van der Waals surface area contributed by atoms with Gasteiger partial charge < -0.3 is 10.4 Å². The van der Waals surface area contributed by atoms with Crippen molar-refractivity contribution in [3.8, 4) is 11.4 Å². The number of phenolic OH excluding ortho intramolecular Hbond substituents is 1. The summed E-state index contributed by atoms with van der Waals surface area (Å²) in [6.45, 7) is 2.21. The second kappa shape index (κ2) is 12.8. The number of para-hydroxylation sites is 1. The Morgan fingerprint density at radius 3 is 2.68 bits per heavy atom. The molecule has 1 atom stereocenters. The molecule has 12 heteroatoms. The number of carbonyl (C=O) groups is 1. The van der Waals surface area contributed by atoms with Crippen molar-refractivity contribution in [3.63, 3.8) is 0 Å². The Balaban J connectivity index is 1.47. The summed E-state index contributed by atoms with van der Waals surface area (Å²) in [4.78, 5) is 12.7. The van der Waals surface area contributed by atoms with Crippen LogP contribution >= 0.6 is 61.9 Å². The second-order valence-electron chi connectivity index (χ2n) is 7.75. The predicted octanol–water partition coefficient (Wildman–Crippen LogP) is 6.24. The van der Waals surface area contributed by atoms with Crippen molar-refractivity contribution < 1.29 is 9.90 Å². The molecule has 0 bridgehead atoms. The van der Waals surface area contributed by atoms with E-state index in [1.807, 2.05) is 59.2 Å². The highest BCUT2D eigenvalue weighted by atomic mass is 127. The highest BCUT2D eigenvalue weighted by Gasteiger charge is 2.21. The summed E-state index contributed by atoms with van der Waals surface area (Å²) < 4.78 is 3.52. The number of aromatic hydroxyl groups is 1. The number of aromatic nitrogens is 3. The number of thioether (sulfide) groups is 1. The van der Waals surface area contributed by atoms with Crippen LogP contribution in [0.25, 0.3) is 5.69 Å². The van der Waals surface area contributed by atoms with Crippen LogP contribution in [0.15, 0.2) is 81.5 Å². The lowest BCUT2D eigenvalue weighted by molar-refractivity contribution is -0.120. The van der Waals surface area contributed by atoms with Gasteiger partial charge in [-0.15, -0.1) is 10.2 Å². The van der Waals surface area contributed by atoms with Gasteiger partial charge in [0.25, 0.3) is 5.91 Å². The second-order valence-corrected chi connectivity index (χ2v) is 11.6. The fraction of sp³-hybridized carbons (Fsp3) is 0.120. The van der Waals surface area contributed by atoms with Gasteiger partial charge in [-0.25, -0.2) is 5.43 Å². The van der Waals surface area contributed by atoms with E-state index in [0.717, 1.165) is 14.9 Å². The highest BCUT2D eigenvalue weighted by Crippen LogP contribution is 2.30. The van der Waals surface area contributed by atoms with E-state index in [4.69, 9.17) is 11.6 Å². The molecule has 0 saturated carbocycles. The number of anilines is 1. The van der Waals surface area contributed by atoms with Crippen molar-refractivity contribution in [1.82, 2.24) is 20.2 Å². The fourth-order valence-corrected chi connectivity index (χ4v) is 5.30. The first-order valence-corrected chi connectivity index (χ1v) is 14.1. The van der Waals surface area contributed by atoms with Crippen LogP contribution in [0.4, 0.5) is 5.69 Å². The minimum Gasteiger partial charge on any atom is -0.506 e. The third kappa shape index (κ3) is 7.24. The summed E-state index contributed by atoms with van der Waals surface area (Å²) >= 11 is 12.8. The Bertz CT molecular complexity index is 1420. The van der Waals surface area contributed by atoms with E-state index < -0.39 is 5.25 Å². The molecule has 1 aromatic heterocycles. The van der Waals surface area contributed by atoms with Gasteiger partial charge in [0.1, 0.15) is 5.75 Å². The summed E-state index contributed by atoms with van der Waals surface area (Å²) in [6, 6.07) is 20.9. The molecule has 0 radical (unpaired) electrons. The Morgan fingerprint density at radius 1 is 1.22 bits per heavy atom. The molecule has 0 spiro atoms. The average molecular weight is 712 g/mol. The van der Waals surface area contributed by atoms with E-state index in [2.05, 4.69) is 64.6 Å². The van der Waals surface area contributed by atoms with Crippen LogP contribution in [0, 0.1) is 3.57 Å². The third-order valence-corrected chi connectivity index (χ3v) is 7.68. The quantitative estimate of drug-likeness (QED) is 0.0823. The molecule has 1 amide bonds. The molecule has 37 heavy (non-hydrogen) atoms. The molecule has 0 aliphatic heterocycles. The molecule has 3 aromatic carbocycles. The number of hydrogen-bond donors (Lipinski definition) is 3. The zero-order valence-electron chi connectivity index (χ0n) is 19.4. The number of amides is 1. The number of benzene rings is 3. The SMILES string of the molecule is CC(Sc1nnc(CNc2ccc(I)cc2)n1-c1ccccc1)C(=O)NN=Cc1cc(Cl)cc(Br)c1O. The van der Waals surface area contributed by atoms with Crippen LogP contribution in [-0.2, 0) is 11.3 Å². The van der Waals surface area contributed by atoms with E-state index in [1.165, 1.54) is 18.0 Å². The maximum absolute atomic E-state index is 12.7. The van der Waals surface area contributed by atoms with Gasteiger partial charge in [0.15, 0.2) is 11.0 Å². The van der Waals surface area contributed by atoms with Gasteiger partial charge in [-0.1, -0.05) is 41.6 Å². The standard InChI is InChI=1S/C25H21BrClIN6O2S/c1-15(24(36)32-30-13-16-11-17(27)12-21(26)23(16)35)37-25-33-31-22(34(25)20-5-3-2-4-6-20)14-29-19-9-7-18(28)8-10-19/h2-13,15,29,35H,14H2,1H3,(H,32,36). The maximum atomic E-state index is 12.7. The van der Waals surface area contributed by atoms with Crippen molar-refractivity contribution in [2.45, 2.75) is 23.9 Å². The topological polar surface area (TPSA) is 104 Å². The number of nitrogens with zero attached hydrogens (tertiary/aromatic N) is 4. The first-order valence-electron chi connectivity index (χ1n) is 11.0. The molecular weight excluding hydrogens is 691 g/mol. The maximum Gasteiger partial charge on any atom is 0.253 e. The molecule has 4 aromatic rings. The number of carbonyl (C=O) groups excluding carboxylic acids is 1. The summed E-state index contributed by atoms with van der Waals surface area (Å²) in [5.41, 5.74) is 4.74. The van der Waals surface area contributed by atoms with E-state index in [1.54, 1.807) is 19.1 Å². The van der Waals surface area contributed by atoms with Crippen molar-refractivity contribution in [3.05, 3.63) is 91.2 Å². The molecule has 3 N–H and O–H groups in total. The monoisotopic (exact) mass is 710 g/mol. The number of hydrogen-bond acceptors (Lipinski definition) is 7. The molecule has 8 nitrogen and oxygen atoms in total. The van der Waals surface area contributed by atoms with Gasteiger partial charge in [-0.05, 0) is 94.0 Å². The van der Waals surface area contributed by atoms with Gasteiger partial charge >= 0.3 is 0 Å². The normalized spacial score (nSPS) is 12.0. The van der Waals surface area contributed by atoms with Gasteiger partial charge in [-0.2, -0.15) is 5.10 Å². The molecule has 0 saturated heterocycles. The molecule has 1 unspecified atom stereocenters. The average Bonchev–Trinajstić information content (AvgIpc) is 3.29. The summed E-state index contributed by atoms with van der Waals surface area (Å²) in [6.07, 6.45) is 1.34. The summed E-state index contributed by atoms with van der Waals surface area (Å²) in [5.74, 6) is 0.357. The van der Waals surface area contributed by atoms with Crippen molar-refractivity contribution >= 4 is 79.7 Å². The largest absolute Gasteiger partial charge is 0.506 e. The number of hydrazone groups is 1. The molecule has 190 valence electrons. The van der Waals surface area contributed by atoms with Crippen LogP contribution in [0.1, 0.15) is 18.3 Å². The predicted molar refractivity (Wildman–Crippen MR) is 160 cm³/mol. The minimum absolute atomic E-state index is 0.0211. The summed E-state index contributed by atoms with van der Waals surface area (Å²) in [5, 5.41) is 26.7. The highest BCUT2D eigenvalue weighted by molar-refractivity contribution is 14.1. The molecule has 0 fully saturated rings. The van der Waals surface area contributed by atoms with Crippen LogP contribution in [0.3, 0.4) is 0 Å². The Kier molecular flexibility index (Phi) is 9.46. The van der Waals surface area contributed by atoms with E-state index in [9.17, 15) is 9.90 Å². The Hall–Kier alpha value is -2.61. The molecule has 4 rings (SSSR count). The number of phenols is 1. The van der Waals surface area contributed by atoms with Gasteiger partial charge in [0, 0.05) is 25.5 Å². The first kappa shape index (κ1) is 27.4. The zero-order valence-corrected chi connectivity index (χ0v) is 24.7. The summed E-state index contributed by atoms with van der Waals surface area (Å²) in [7, 11) is 0. The van der Waals surface area contributed by atoms with Crippen LogP contribution in [0.5, 0.6) is 5.75 Å². The molecule has 1 heterocycles. The van der Waals surface area contributed by atoms with Gasteiger partial charge in [0.05, 0.1) is 22.5 Å². The fourth-order valence-electron chi connectivity index (χ4n) is 3.23. The zero-order chi connectivity index (χ0) is 26.4.